The number of carbonyl (C=O) groups is 1. The minimum absolute atomic E-state index is 0. The summed E-state index contributed by atoms with van der Waals surface area (Å²) in [6, 6.07) is 5.94. The average molecular weight is 522 g/mol. The highest BCUT2D eigenvalue weighted by Crippen LogP contribution is 2.15. The van der Waals surface area contributed by atoms with E-state index in [0.717, 1.165) is 24.9 Å². The van der Waals surface area contributed by atoms with E-state index in [1.54, 1.807) is 12.1 Å². The van der Waals surface area contributed by atoms with Gasteiger partial charge in [-0.1, -0.05) is 26.0 Å². The van der Waals surface area contributed by atoms with E-state index in [1.807, 2.05) is 6.92 Å². The summed E-state index contributed by atoms with van der Waals surface area (Å²) in [4.78, 5) is 16.6. The van der Waals surface area contributed by atoms with Gasteiger partial charge in [0, 0.05) is 32.8 Å². The maximum absolute atomic E-state index is 12.9. The van der Waals surface area contributed by atoms with Crippen LogP contribution in [0.1, 0.15) is 39.2 Å². The molecule has 1 amide bonds. The summed E-state index contributed by atoms with van der Waals surface area (Å²) in [6.45, 7) is 8.95. The van der Waals surface area contributed by atoms with E-state index in [9.17, 15) is 14.3 Å². The van der Waals surface area contributed by atoms with Crippen molar-refractivity contribution in [3.05, 3.63) is 35.6 Å². The van der Waals surface area contributed by atoms with Gasteiger partial charge in [-0.2, -0.15) is 0 Å². The molecule has 0 fully saturated rings. The number of aliphatic hydroxyl groups is 1. The molecule has 1 aromatic carbocycles. The Labute approximate surface area is 191 Å². The standard InChI is InChI=1S/C21H35FN4O2.HI/c1-4-23-21(26-15-18(9-12-27)13-16(2)3)25-11-10-24-20(28)14-17-5-7-19(22)8-6-17;/h5-8,16,18,27H,4,9-15H2,1-3H3,(H,24,28)(H2,23,25,26);1H. The number of halogens is 2. The number of nitrogens with one attached hydrogen (secondary N) is 3. The molecule has 0 aromatic heterocycles. The number of hydrogen-bond acceptors (Lipinski definition) is 3. The van der Waals surface area contributed by atoms with Gasteiger partial charge in [0.15, 0.2) is 5.96 Å². The highest BCUT2D eigenvalue weighted by Gasteiger charge is 2.10. The van der Waals surface area contributed by atoms with Gasteiger partial charge in [0.2, 0.25) is 5.91 Å². The smallest absolute Gasteiger partial charge is 0.224 e. The van der Waals surface area contributed by atoms with Crippen LogP contribution in [0.5, 0.6) is 0 Å². The molecule has 1 aromatic rings. The molecule has 0 radical (unpaired) electrons. The van der Waals surface area contributed by atoms with Crippen molar-refractivity contribution in [3.63, 3.8) is 0 Å². The quantitative estimate of drug-likeness (QED) is 0.147. The fourth-order valence-electron chi connectivity index (χ4n) is 2.93. The third-order valence-electron chi connectivity index (χ3n) is 4.21. The minimum atomic E-state index is -0.307. The molecule has 0 heterocycles. The highest BCUT2D eigenvalue weighted by molar-refractivity contribution is 14.0. The first-order valence-electron chi connectivity index (χ1n) is 10.1. The fourth-order valence-corrected chi connectivity index (χ4v) is 2.93. The molecule has 4 N–H and O–H groups in total. The van der Waals surface area contributed by atoms with E-state index in [4.69, 9.17) is 0 Å². The third kappa shape index (κ3) is 13.4. The maximum Gasteiger partial charge on any atom is 0.224 e. The summed E-state index contributed by atoms with van der Waals surface area (Å²) < 4.78 is 12.9. The van der Waals surface area contributed by atoms with E-state index in [0.29, 0.717) is 37.4 Å². The first-order valence-corrected chi connectivity index (χ1v) is 10.1. The number of aliphatic imine (C=N–C) groups is 1. The number of carbonyl (C=O) groups excluding carboxylic acids is 1. The lowest BCUT2D eigenvalue weighted by atomic mass is 9.94. The topological polar surface area (TPSA) is 85.8 Å². The summed E-state index contributed by atoms with van der Waals surface area (Å²) in [6.07, 6.45) is 2.01. The van der Waals surface area contributed by atoms with Gasteiger partial charge in [-0.05, 0) is 49.3 Å². The Balaban J connectivity index is 0.00000784. The number of amides is 1. The van der Waals surface area contributed by atoms with Gasteiger partial charge in [0.05, 0.1) is 6.42 Å². The van der Waals surface area contributed by atoms with Crippen molar-refractivity contribution in [1.82, 2.24) is 16.0 Å². The zero-order valence-electron chi connectivity index (χ0n) is 17.7. The predicted molar refractivity (Wildman–Crippen MR) is 127 cm³/mol. The number of guanidine groups is 1. The molecule has 0 aliphatic heterocycles. The second-order valence-electron chi connectivity index (χ2n) is 7.31. The monoisotopic (exact) mass is 522 g/mol. The molecule has 0 spiro atoms. The Morgan fingerprint density at radius 2 is 1.79 bits per heavy atom. The van der Waals surface area contributed by atoms with Crippen LogP contribution in [0.15, 0.2) is 29.3 Å². The summed E-state index contributed by atoms with van der Waals surface area (Å²) in [5.74, 6) is 1.23. The summed E-state index contributed by atoms with van der Waals surface area (Å²) in [7, 11) is 0. The van der Waals surface area contributed by atoms with Gasteiger partial charge < -0.3 is 21.1 Å². The summed E-state index contributed by atoms with van der Waals surface area (Å²) in [5, 5.41) is 18.5. The Morgan fingerprint density at radius 3 is 2.38 bits per heavy atom. The van der Waals surface area contributed by atoms with Crippen molar-refractivity contribution in [2.24, 2.45) is 16.8 Å². The van der Waals surface area contributed by atoms with Crippen LogP contribution in [-0.4, -0.2) is 49.8 Å². The van der Waals surface area contributed by atoms with Crippen LogP contribution in [0.2, 0.25) is 0 Å². The van der Waals surface area contributed by atoms with Gasteiger partial charge in [0.1, 0.15) is 5.82 Å². The zero-order chi connectivity index (χ0) is 20.8. The van der Waals surface area contributed by atoms with Crippen LogP contribution in [0.4, 0.5) is 4.39 Å². The van der Waals surface area contributed by atoms with Gasteiger partial charge >= 0.3 is 0 Å². The van der Waals surface area contributed by atoms with E-state index in [2.05, 4.69) is 34.8 Å². The van der Waals surface area contributed by atoms with Gasteiger partial charge in [0.25, 0.3) is 0 Å². The molecule has 0 aliphatic rings. The molecule has 0 saturated carbocycles. The second kappa shape index (κ2) is 16.4. The van der Waals surface area contributed by atoms with Crippen LogP contribution in [0.3, 0.4) is 0 Å². The van der Waals surface area contributed by atoms with Crippen molar-refractivity contribution in [2.75, 3.05) is 32.8 Å². The number of aliphatic hydroxyl groups excluding tert-OH is 1. The first kappa shape index (κ1) is 27.6. The largest absolute Gasteiger partial charge is 0.396 e. The average Bonchev–Trinajstić information content (AvgIpc) is 2.64. The number of nitrogens with zero attached hydrogens (tertiary/aromatic N) is 1. The van der Waals surface area contributed by atoms with Gasteiger partial charge in [-0.25, -0.2) is 4.39 Å². The van der Waals surface area contributed by atoms with Crippen LogP contribution in [0.25, 0.3) is 0 Å². The highest BCUT2D eigenvalue weighted by atomic mass is 127. The van der Waals surface area contributed by atoms with Crippen molar-refractivity contribution >= 4 is 35.8 Å². The molecule has 1 atom stereocenters. The zero-order valence-corrected chi connectivity index (χ0v) is 20.0. The lowest BCUT2D eigenvalue weighted by molar-refractivity contribution is -0.120. The van der Waals surface area contributed by atoms with E-state index in [-0.39, 0.29) is 48.7 Å². The van der Waals surface area contributed by atoms with Crippen molar-refractivity contribution < 1.29 is 14.3 Å². The molecular formula is C21H36FIN4O2. The Bertz CT molecular complexity index is 597. The molecule has 29 heavy (non-hydrogen) atoms. The SMILES string of the molecule is CCNC(=NCC(CCO)CC(C)C)NCCNC(=O)Cc1ccc(F)cc1.I. The molecule has 6 nitrogen and oxygen atoms in total. The van der Waals surface area contributed by atoms with Crippen LogP contribution in [-0.2, 0) is 11.2 Å². The third-order valence-corrected chi connectivity index (χ3v) is 4.21. The molecule has 0 saturated heterocycles. The van der Waals surface area contributed by atoms with Crippen molar-refractivity contribution in [3.8, 4) is 0 Å². The van der Waals surface area contributed by atoms with Gasteiger partial charge in [-0.15, -0.1) is 24.0 Å². The minimum Gasteiger partial charge on any atom is -0.396 e. The first-order chi connectivity index (χ1) is 13.4. The molecular weight excluding hydrogens is 486 g/mol. The number of benzene rings is 1. The molecule has 1 unspecified atom stereocenters. The maximum atomic E-state index is 12.9. The number of hydrogen-bond donors (Lipinski definition) is 4. The summed E-state index contributed by atoms with van der Waals surface area (Å²) in [5.41, 5.74) is 0.779. The van der Waals surface area contributed by atoms with Crippen LogP contribution >= 0.6 is 24.0 Å². The Hall–Kier alpha value is -1.42. The fraction of sp³-hybridized carbons (Fsp3) is 0.619. The van der Waals surface area contributed by atoms with Crippen molar-refractivity contribution in [1.29, 1.82) is 0 Å². The van der Waals surface area contributed by atoms with E-state index >= 15 is 0 Å². The normalized spacial score (nSPS) is 12.3. The van der Waals surface area contributed by atoms with Crippen LogP contribution in [0, 0.1) is 17.7 Å². The molecule has 8 heteroatoms. The molecule has 1 rings (SSSR count). The second-order valence-corrected chi connectivity index (χ2v) is 7.31. The number of rotatable bonds is 12. The molecule has 0 bridgehead atoms. The molecule has 166 valence electrons. The summed E-state index contributed by atoms with van der Waals surface area (Å²) >= 11 is 0. The Morgan fingerprint density at radius 1 is 1.14 bits per heavy atom. The lowest BCUT2D eigenvalue weighted by Gasteiger charge is -2.17. The van der Waals surface area contributed by atoms with Gasteiger partial charge in [-0.3, -0.25) is 9.79 Å². The molecule has 0 aliphatic carbocycles. The van der Waals surface area contributed by atoms with Crippen LogP contribution < -0.4 is 16.0 Å². The van der Waals surface area contributed by atoms with Crippen molar-refractivity contribution in [2.45, 2.75) is 40.0 Å². The Kier molecular flexibility index (Phi) is 15.6. The lowest BCUT2D eigenvalue weighted by Crippen LogP contribution is -2.42. The predicted octanol–water partition coefficient (Wildman–Crippen LogP) is 2.70. The van der Waals surface area contributed by atoms with E-state index in [1.165, 1.54) is 12.1 Å². The van der Waals surface area contributed by atoms with E-state index < -0.39 is 0 Å².